The lowest BCUT2D eigenvalue weighted by atomic mass is 10.1. The van der Waals surface area contributed by atoms with Gasteiger partial charge in [-0.2, -0.15) is 0 Å². The number of rotatable bonds is 6. The highest BCUT2D eigenvalue weighted by Crippen LogP contribution is 2.17. The Balaban J connectivity index is 1.98. The molecule has 1 amide bonds. The largest absolute Gasteiger partial charge is 0.484 e. The Morgan fingerprint density at radius 2 is 2.26 bits per heavy atom. The quantitative estimate of drug-likeness (QED) is 0.808. The van der Waals surface area contributed by atoms with Gasteiger partial charge in [0.15, 0.2) is 9.84 Å². The maximum atomic E-state index is 11.9. The standard InChI is InChI=1S/C15H22N2O5S/c1-3-23(19,20)10-15(18)17-13-6-7-21-9-14(13)22-12-5-4-11(2)16-8-12/h4-5,8,13-14H,3,6-7,9-10H2,1-2H3,(H,17,18)/t13-,14+/m0/s1. The molecule has 0 radical (unpaired) electrons. The van der Waals surface area contributed by atoms with Crippen molar-refractivity contribution in [2.24, 2.45) is 0 Å². The van der Waals surface area contributed by atoms with Crippen LogP contribution in [-0.2, 0) is 19.4 Å². The predicted molar refractivity (Wildman–Crippen MR) is 85.1 cm³/mol. The summed E-state index contributed by atoms with van der Waals surface area (Å²) in [5.41, 5.74) is 0.881. The van der Waals surface area contributed by atoms with Crippen LogP contribution in [0, 0.1) is 6.92 Å². The second-order valence-electron chi connectivity index (χ2n) is 5.51. The van der Waals surface area contributed by atoms with Crippen LogP contribution in [0.1, 0.15) is 19.0 Å². The number of hydrogen-bond acceptors (Lipinski definition) is 6. The molecule has 1 fully saturated rings. The van der Waals surface area contributed by atoms with Gasteiger partial charge >= 0.3 is 0 Å². The highest BCUT2D eigenvalue weighted by Gasteiger charge is 2.30. The predicted octanol–water partition coefficient (Wildman–Crippen LogP) is 0.477. The van der Waals surface area contributed by atoms with Crippen molar-refractivity contribution in [1.29, 1.82) is 0 Å². The molecule has 1 aromatic rings. The fourth-order valence-corrected chi connectivity index (χ4v) is 2.93. The minimum Gasteiger partial charge on any atom is -0.484 e. The molecule has 23 heavy (non-hydrogen) atoms. The van der Waals surface area contributed by atoms with Crippen molar-refractivity contribution >= 4 is 15.7 Å². The van der Waals surface area contributed by atoms with Crippen LogP contribution in [0.5, 0.6) is 5.75 Å². The molecule has 0 saturated carbocycles. The number of hydrogen-bond donors (Lipinski definition) is 1. The summed E-state index contributed by atoms with van der Waals surface area (Å²) in [5, 5.41) is 2.75. The Kier molecular flexibility index (Phi) is 5.95. The van der Waals surface area contributed by atoms with E-state index in [0.29, 0.717) is 25.4 Å². The van der Waals surface area contributed by atoms with E-state index in [1.807, 2.05) is 13.0 Å². The number of sulfone groups is 1. The average molecular weight is 342 g/mol. The van der Waals surface area contributed by atoms with Crippen molar-refractivity contribution in [3.63, 3.8) is 0 Å². The number of nitrogens with zero attached hydrogens (tertiary/aromatic N) is 1. The molecule has 8 heteroatoms. The summed E-state index contributed by atoms with van der Waals surface area (Å²) < 4.78 is 34.3. The van der Waals surface area contributed by atoms with Gasteiger partial charge in [0.05, 0.1) is 18.8 Å². The first kappa shape index (κ1) is 17.7. The molecule has 2 atom stereocenters. The van der Waals surface area contributed by atoms with Crippen LogP contribution in [0.2, 0.25) is 0 Å². The minimum absolute atomic E-state index is 0.0524. The van der Waals surface area contributed by atoms with Gasteiger partial charge in [-0.25, -0.2) is 8.42 Å². The fraction of sp³-hybridized carbons (Fsp3) is 0.600. The molecule has 0 unspecified atom stereocenters. The van der Waals surface area contributed by atoms with Crippen LogP contribution in [-0.4, -0.2) is 56.2 Å². The van der Waals surface area contributed by atoms with Crippen molar-refractivity contribution in [2.75, 3.05) is 24.7 Å². The normalized spacial score (nSPS) is 21.7. The zero-order chi connectivity index (χ0) is 16.9. The minimum atomic E-state index is -3.34. The monoisotopic (exact) mass is 342 g/mol. The number of nitrogens with one attached hydrogen (secondary N) is 1. The van der Waals surface area contributed by atoms with Gasteiger partial charge in [0.2, 0.25) is 5.91 Å². The molecule has 1 N–H and O–H groups in total. The maximum Gasteiger partial charge on any atom is 0.235 e. The number of ether oxygens (including phenoxy) is 2. The topological polar surface area (TPSA) is 94.6 Å². The third kappa shape index (κ3) is 5.47. The van der Waals surface area contributed by atoms with E-state index in [2.05, 4.69) is 10.3 Å². The maximum absolute atomic E-state index is 11.9. The number of aromatic nitrogens is 1. The fourth-order valence-electron chi connectivity index (χ4n) is 2.24. The van der Waals surface area contributed by atoms with E-state index in [1.165, 1.54) is 6.92 Å². The van der Waals surface area contributed by atoms with Crippen LogP contribution < -0.4 is 10.1 Å². The van der Waals surface area contributed by atoms with E-state index in [9.17, 15) is 13.2 Å². The van der Waals surface area contributed by atoms with Crippen LogP contribution in [0.4, 0.5) is 0 Å². The van der Waals surface area contributed by atoms with Gasteiger partial charge in [0.25, 0.3) is 0 Å². The second-order valence-corrected chi connectivity index (χ2v) is 7.86. The molecular weight excluding hydrogens is 320 g/mol. The van der Waals surface area contributed by atoms with Crippen LogP contribution in [0.15, 0.2) is 18.3 Å². The number of pyridine rings is 1. The third-order valence-corrected chi connectivity index (χ3v) is 5.19. The molecule has 7 nitrogen and oxygen atoms in total. The van der Waals surface area contributed by atoms with Gasteiger partial charge in [0.1, 0.15) is 17.6 Å². The average Bonchev–Trinajstić information content (AvgIpc) is 2.51. The number of carbonyl (C=O) groups excluding carboxylic acids is 1. The first-order chi connectivity index (χ1) is 10.9. The summed E-state index contributed by atoms with van der Waals surface area (Å²) >= 11 is 0. The first-order valence-corrected chi connectivity index (χ1v) is 9.38. The molecule has 0 bridgehead atoms. The van der Waals surface area contributed by atoms with Gasteiger partial charge in [0, 0.05) is 18.1 Å². The summed E-state index contributed by atoms with van der Waals surface area (Å²) in [6.07, 6.45) is 1.81. The lowest BCUT2D eigenvalue weighted by Gasteiger charge is -2.32. The molecule has 2 rings (SSSR count). The lowest BCUT2D eigenvalue weighted by Crippen LogP contribution is -2.52. The van der Waals surface area contributed by atoms with E-state index in [0.717, 1.165) is 5.69 Å². The summed E-state index contributed by atoms with van der Waals surface area (Å²) in [6, 6.07) is 3.35. The number of aryl methyl sites for hydroxylation is 1. The molecule has 0 aromatic carbocycles. The lowest BCUT2D eigenvalue weighted by molar-refractivity contribution is -0.121. The van der Waals surface area contributed by atoms with E-state index in [1.54, 1.807) is 12.3 Å². The Morgan fingerprint density at radius 3 is 2.91 bits per heavy atom. The van der Waals surface area contributed by atoms with Crippen molar-refractivity contribution in [1.82, 2.24) is 10.3 Å². The Bertz CT molecular complexity index is 630. The number of carbonyl (C=O) groups is 1. The van der Waals surface area contributed by atoms with Gasteiger partial charge in [-0.3, -0.25) is 9.78 Å². The molecule has 2 heterocycles. The molecular formula is C15H22N2O5S. The van der Waals surface area contributed by atoms with Crippen LogP contribution in [0.3, 0.4) is 0 Å². The highest BCUT2D eigenvalue weighted by atomic mass is 32.2. The molecule has 0 aliphatic carbocycles. The number of amides is 1. The van der Waals surface area contributed by atoms with Crippen molar-refractivity contribution in [3.8, 4) is 5.75 Å². The second kappa shape index (κ2) is 7.74. The Labute approximate surface area is 136 Å². The Hall–Kier alpha value is -1.67. The van der Waals surface area contributed by atoms with Crippen LogP contribution >= 0.6 is 0 Å². The third-order valence-electron chi connectivity index (χ3n) is 3.61. The van der Waals surface area contributed by atoms with Gasteiger partial charge in [-0.1, -0.05) is 6.92 Å². The van der Waals surface area contributed by atoms with Crippen molar-refractivity contribution in [3.05, 3.63) is 24.0 Å². The highest BCUT2D eigenvalue weighted by molar-refractivity contribution is 7.92. The van der Waals surface area contributed by atoms with Gasteiger partial charge in [-0.15, -0.1) is 0 Å². The van der Waals surface area contributed by atoms with Gasteiger partial charge < -0.3 is 14.8 Å². The van der Waals surface area contributed by atoms with E-state index < -0.39 is 21.5 Å². The summed E-state index contributed by atoms with van der Waals surface area (Å²) in [4.78, 5) is 16.1. The van der Waals surface area contributed by atoms with Crippen LogP contribution in [0.25, 0.3) is 0 Å². The van der Waals surface area contributed by atoms with E-state index >= 15 is 0 Å². The molecule has 128 valence electrons. The smallest absolute Gasteiger partial charge is 0.235 e. The first-order valence-electron chi connectivity index (χ1n) is 7.56. The van der Waals surface area contributed by atoms with E-state index in [4.69, 9.17) is 9.47 Å². The molecule has 1 aliphatic heterocycles. The summed E-state index contributed by atoms with van der Waals surface area (Å²) in [7, 11) is -3.34. The molecule has 1 aromatic heterocycles. The molecule has 0 spiro atoms. The zero-order valence-corrected chi connectivity index (χ0v) is 14.1. The SMILES string of the molecule is CCS(=O)(=O)CC(=O)N[C@H]1CCOC[C@H]1Oc1ccc(C)nc1. The molecule has 1 saturated heterocycles. The summed E-state index contributed by atoms with van der Waals surface area (Å²) in [6.45, 7) is 4.23. The Morgan fingerprint density at radius 1 is 1.48 bits per heavy atom. The van der Waals surface area contributed by atoms with Crippen molar-refractivity contribution in [2.45, 2.75) is 32.4 Å². The van der Waals surface area contributed by atoms with Gasteiger partial charge in [-0.05, 0) is 25.5 Å². The summed E-state index contributed by atoms with van der Waals surface area (Å²) in [5.74, 6) is -0.469. The van der Waals surface area contributed by atoms with Crippen molar-refractivity contribution < 1.29 is 22.7 Å². The zero-order valence-electron chi connectivity index (χ0n) is 13.3. The molecule has 1 aliphatic rings. The van der Waals surface area contributed by atoms with E-state index in [-0.39, 0.29) is 17.9 Å².